The van der Waals surface area contributed by atoms with Gasteiger partial charge in [0.25, 0.3) is 5.91 Å². The van der Waals surface area contributed by atoms with Crippen LogP contribution in [-0.2, 0) is 0 Å². The summed E-state index contributed by atoms with van der Waals surface area (Å²) in [5.74, 6) is 0.543. The van der Waals surface area contributed by atoms with Gasteiger partial charge in [-0.2, -0.15) is 15.4 Å². The Morgan fingerprint density at radius 1 is 1.43 bits per heavy atom. The predicted molar refractivity (Wildman–Crippen MR) is 53.7 cm³/mol. The lowest BCUT2D eigenvalue weighted by molar-refractivity contribution is 0.0769. The van der Waals surface area contributed by atoms with Crippen LogP contribution < -0.4 is 0 Å². The number of aromatic amines is 1. The molecular formula is C7H10Cl2N4O. The van der Waals surface area contributed by atoms with E-state index in [9.17, 15) is 4.79 Å². The Bertz CT molecular complexity index is 271. The summed E-state index contributed by atoms with van der Waals surface area (Å²) < 4.78 is 0. The Morgan fingerprint density at radius 2 is 2.07 bits per heavy atom. The van der Waals surface area contributed by atoms with E-state index < -0.39 is 0 Å². The van der Waals surface area contributed by atoms with Crippen molar-refractivity contribution in [2.75, 3.05) is 24.8 Å². The molecule has 14 heavy (non-hydrogen) atoms. The third-order valence-corrected chi connectivity index (χ3v) is 1.97. The highest BCUT2D eigenvalue weighted by Crippen LogP contribution is 2.00. The molecule has 0 spiro atoms. The van der Waals surface area contributed by atoms with E-state index in [0.717, 1.165) is 0 Å². The average Bonchev–Trinajstić information content (AvgIpc) is 2.69. The van der Waals surface area contributed by atoms with Crippen molar-refractivity contribution in [2.45, 2.75) is 0 Å². The summed E-state index contributed by atoms with van der Waals surface area (Å²) in [5.41, 5.74) is 0.278. The lowest BCUT2D eigenvalue weighted by atomic mass is 10.4. The maximum atomic E-state index is 11.7. The minimum Gasteiger partial charge on any atom is -0.335 e. The van der Waals surface area contributed by atoms with Gasteiger partial charge in [0, 0.05) is 24.8 Å². The molecule has 5 nitrogen and oxygen atoms in total. The Hall–Kier alpha value is -0.810. The maximum Gasteiger partial charge on any atom is 0.276 e. The molecule has 0 atom stereocenters. The summed E-state index contributed by atoms with van der Waals surface area (Å²) >= 11 is 11.1. The Morgan fingerprint density at radius 3 is 2.50 bits per heavy atom. The minimum atomic E-state index is -0.208. The number of carbonyl (C=O) groups is 1. The largest absolute Gasteiger partial charge is 0.335 e. The molecule has 1 heterocycles. The second-order valence-corrected chi connectivity index (χ2v) is 3.28. The predicted octanol–water partition coefficient (Wildman–Crippen LogP) is 0.724. The van der Waals surface area contributed by atoms with Crippen LogP contribution >= 0.6 is 23.2 Å². The number of nitrogens with zero attached hydrogens (tertiary/aromatic N) is 3. The van der Waals surface area contributed by atoms with E-state index in [-0.39, 0.29) is 11.6 Å². The fourth-order valence-electron chi connectivity index (χ4n) is 0.986. The van der Waals surface area contributed by atoms with Crippen LogP contribution in [0.4, 0.5) is 0 Å². The molecule has 0 aliphatic rings. The van der Waals surface area contributed by atoms with Crippen LogP contribution in [-0.4, -0.2) is 51.1 Å². The first-order chi connectivity index (χ1) is 6.79. The number of hydrogen-bond acceptors (Lipinski definition) is 3. The summed E-state index contributed by atoms with van der Waals surface area (Å²) in [6, 6.07) is 0. The van der Waals surface area contributed by atoms with Gasteiger partial charge >= 0.3 is 0 Å². The molecule has 0 aromatic carbocycles. The van der Waals surface area contributed by atoms with Crippen molar-refractivity contribution >= 4 is 29.1 Å². The van der Waals surface area contributed by atoms with Gasteiger partial charge in [-0.15, -0.1) is 23.2 Å². The third kappa shape index (κ3) is 2.85. The van der Waals surface area contributed by atoms with Crippen LogP contribution in [0.5, 0.6) is 0 Å². The SMILES string of the molecule is O=C(c1cn[nH]n1)N(CCCl)CCCl. The first kappa shape index (κ1) is 11.3. The second-order valence-electron chi connectivity index (χ2n) is 2.53. The van der Waals surface area contributed by atoms with Gasteiger partial charge in [-0.1, -0.05) is 0 Å². The van der Waals surface area contributed by atoms with E-state index in [1.165, 1.54) is 11.1 Å². The van der Waals surface area contributed by atoms with Crippen molar-refractivity contribution in [3.8, 4) is 0 Å². The van der Waals surface area contributed by atoms with Crippen LogP contribution in [0.15, 0.2) is 6.20 Å². The molecule has 1 amide bonds. The number of aromatic nitrogens is 3. The number of halogens is 2. The molecule has 0 fully saturated rings. The quantitative estimate of drug-likeness (QED) is 0.767. The summed E-state index contributed by atoms with van der Waals surface area (Å²) in [4.78, 5) is 13.2. The number of alkyl halides is 2. The molecular weight excluding hydrogens is 227 g/mol. The summed E-state index contributed by atoms with van der Waals surface area (Å²) in [6.45, 7) is 0.917. The Labute approximate surface area is 91.4 Å². The van der Waals surface area contributed by atoms with Crippen molar-refractivity contribution in [3.63, 3.8) is 0 Å². The van der Waals surface area contributed by atoms with Gasteiger partial charge in [0.05, 0.1) is 6.20 Å². The van der Waals surface area contributed by atoms with Crippen molar-refractivity contribution in [1.82, 2.24) is 20.3 Å². The van der Waals surface area contributed by atoms with Crippen molar-refractivity contribution < 1.29 is 4.79 Å². The Kier molecular flexibility index (Phi) is 4.69. The zero-order valence-corrected chi connectivity index (χ0v) is 8.92. The zero-order chi connectivity index (χ0) is 10.4. The monoisotopic (exact) mass is 236 g/mol. The van der Waals surface area contributed by atoms with Crippen LogP contribution in [0.2, 0.25) is 0 Å². The number of rotatable bonds is 5. The molecule has 0 bridgehead atoms. The number of carbonyl (C=O) groups excluding carboxylic acids is 1. The standard InChI is InChI=1S/C7H10Cl2N4O/c8-1-3-13(4-2-9)7(14)6-5-10-12-11-6/h5H,1-4H2,(H,10,11,12). The van der Waals surface area contributed by atoms with Crippen molar-refractivity contribution in [2.24, 2.45) is 0 Å². The highest BCUT2D eigenvalue weighted by molar-refractivity contribution is 6.18. The van der Waals surface area contributed by atoms with Gasteiger partial charge < -0.3 is 4.90 Å². The number of nitrogens with one attached hydrogen (secondary N) is 1. The van der Waals surface area contributed by atoms with Gasteiger partial charge in [0.1, 0.15) is 0 Å². The minimum absolute atomic E-state index is 0.208. The van der Waals surface area contributed by atoms with Gasteiger partial charge in [0.15, 0.2) is 5.69 Å². The topological polar surface area (TPSA) is 61.9 Å². The number of H-pyrrole nitrogens is 1. The highest BCUT2D eigenvalue weighted by atomic mass is 35.5. The smallest absolute Gasteiger partial charge is 0.276 e. The van der Waals surface area contributed by atoms with E-state index >= 15 is 0 Å². The molecule has 0 aliphatic carbocycles. The normalized spacial score (nSPS) is 10.1. The zero-order valence-electron chi connectivity index (χ0n) is 7.41. The molecule has 0 radical (unpaired) electrons. The Balaban J connectivity index is 2.63. The van der Waals surface area contributed by atoms with Crippen LogP contribution in [0.25, 0.3) is 0 Å². The first-order valence-electron chi connectivity index (χ1n) is 4.06. The number of amides is 1. The fourth-order valence-corrected chi connectivity index (χ4v) is 1.39. The third-order valence-electron chi connectivity index (χ3n) is 1.63. The van der Waals surface area contributed by atoms with Gasteiger partial charge in [-0.25, -0.2) is 0 Å². The van der Waals surface area contributed by atoms with Crippen molar-refractivity contribution in [1.29, 1.82) is 0 Å². The molecule has 0 saturated carbocycles. The summed E-state index contributed by atoms with van der Waals surface area (Å²) in [6.07, 6.45) is 1.37. The molecule has 1 aromatic heterocycles. The molecule has 1 aromatic rings. The molecule has 0 unspecified atom stereocenters. The summed E-state index contributed by atoms with van der Waals surface area (Å²) in [5, 5.41) is 9.62. The first-order valence-corrected chi connectivity index (χ1v) is 5.13. The maximum absolute atomic E-state index is 11.7. The van der Waals surface area contributed by atoms with E-state index in [4.69, 9.17) is 23.2 Å². The molecule has 0 aliphatic heterocycles. The lowest BCUT2D eigenvalue weighted by Gasteiger charge is -2.18. The van der Waals surface area contributed by atoms with Crippen LogP contribution in [0, 0.1) is 0 Å². The van der Waals surface area contributed by atoms with Gasteiger partial charge in [0.2, 0.25) is 0 Å². The van der Waals surface area contributed by atoms with E-state index in [1.807, 2.05) is 0 Å². The molecule has 1 N–H and O–H groups in total. The fraction of sp³-hybridized carbons (Fsp3) is 0.571. The van der Waals surface area contributed by atoms with Crippen LogP contribution in [0.3, 0.4) is 0 Å². The van der Waals surface area contributed by atoms with E-state index in [1.54, 1.807) is 0 Å². The average molecular weight is 237 g/mol. The highest BCUT2D eigenvalue weighted by Gasteiger charge is 2.16. The number of hydrogen-bond donors (Lipinski definition) is 1. The van der Waals surface area contributed by atoms with Crippen molar-refractivity contribution in [3.05, 3.63) is 11.9 Å². The molecule has 78 valence electrons. The lowest BCUT2D eigenvalue weighted by Crippen LogP contribution is -2.34. The van der Waals surface area contributed by atoms with E-state index in [2.05, 4.69) is 15.4 Å². The van der Waals surface area contributed by atoms with Gasteiger partial charge in [-0.05, 0) is 0 Å². The van der Waals surface area contributed by atoms with E-state index in [0.29, 0.717) is 24.8 Å². The summed E-state index contributed by atoms with van der Waals surface area (Å²) in [7, 11) is 0. The second kappa shape index (κ2) is 5.82. The molecule has 7 heteroatoms. The van der Waals surface area contributed by atoms with Gasteiger partial charge in [-0.3, -0.25) is 4.79 Å². The molecule has 1 rings (SSSR count). The van der Waals surface area contributed by atoms with Crippen LogP contribution in [0.1, 0.15) is 10.5 Å². The molecule has 0 saturated heterocycles.